The quantitative estimate of drug-likeness (QED) is 0.158. The highest BCUT2D eigenvalue weighted by molar-refractivity contribution is 6.15. The van der Waals surface area contributed by atoms with E-state index in [4.69, 9.17) is 28.2 Å². The van der Waals surface area contributed by atoms with Gasteiger partial charge in [-0.05, 0) is 183 Å². The van der Waals surface area contributed by atoms with Gasteiger partial charge in [0.2, 0.25) is 11.9 Å². The molecule has 21 aromatic rings. The Hall–Kier alpha value is -13.1. The molecule has 7 heterocycles. The third kappa shape index (κ3) is 7.83. The first-order valence-electron chi connectivity index (χ1n) is 33.7. The molecule has 1 aliphatic carbocycles. The molecule has 0 fully saturated rings. The minimum Gasteiger partial charge on any atom is -0.456 e. The van der Waals surface area contributed by atoms with Crippen molar-refractivity contribution < 1.29 is 13.3 Å². The van der Waals surface area contributed by atoms with Gasteiger partial charge >= 0.3 is 0 Å². The van der Waals surface area contributed by atoms with Crippen LogP contribution in [0.4, 0.5) is 0 Å². The lowest BCUT2D eigenvalue weighted by atomic mass is 9.82. The molecule has 0 atom stereocenters. The normalized spacial score (nSPS) is 13.0. The van der Waals surface area contributed by atoms with Crippen LogP contribution in [0.3, 0.4) is 0 Å². The molecule has 0 radical (unpaired) electrons. The molecule has 9 nitrogen and oxygen atoms in total. The minimum atomic E-state index is -0.406. The largest absolute Gasteiger partial charge is 0.456 e. The fourth-order valence-electron chi connectivity index (χ4n) is 16.6. The van der Waals surface area contributed by atoms with E-state index in [1.54, 1.807) is 0 Å². The van der Waals surface area contributed by atoms with E-state index in [2.05, 4.69) is 282 Å². The average molecular weight is 1270 g/mol. The number of aromatic nitrogens is 6. The maximum Gasteiger partial charge on any atom is 0.240 e. The summed E-state index contributed by atoms with van der Waals surface area (Å²) in [5.41, 5.74) is 24.8. The summed E-state index contributed by atoms with van der Waals surface area (Å²) in [6.45, 7) is 4.72. The van der Waals surface area contributed by atoms with Crippen LogP contribution in [0.15, 0.2) is 304 Å². The molecular formula is C90H54N6O3. The van der Waals surface area contributed by atoms with Crippen molar-refractivity contribution >= 4 is 131 Å². The third-order valence-corrected chi connectivity index (χ3v) is 21.3. The second-order valence-electron chi connectivity index (χ2n) is 27.1. The van der Waals surface area contributed by atoms with Gasteiger partial charge in [0.25, 0.3) is 0 Å². The first kappa shape index (κ1) is 54.2. The van der Waals surface area contributed by atoms with Gasteiger partial charge in [-0.15, -0.1) is 0 Å². The Balaban J connectivity index is 0.697. The molecule has 7 aromatic heterocycles. The van der Waals surface area contributed by atoms with Crippen LogP contribution in [0, 0.1) is 0 Å². The maximum absolute atomic E-state index is 6.28. The molecular weight excluding hydrogens is 1210 g/mol. The highest BCUT2D eigenvalue weighted by Gasteiger charge is 2.37. The smallest absolute Gasteiger partial charge is 0.240 e. The molecule has 22 rings (SSSR count). The number of fused-ring (bicyclic) bond motifs is 21. The third-order valence-electron chi connectivity index (χ3n) is 21.3. The second-order valence-corrected chi connectivity index (χ2v) is 27.1. The van der Waals surface area contributed by atoms with Gasteiger partial charge in [0.1, 0.15) is 33.5 Å². The van der Waals surface area contributed by atoms with Gasteiger partial charge in [0, 0.05) is 81.3 Å². The van der Waals surface area contributed by atoms with E-state index in [-0.39, 0.29) is 0 Å². The first-order valence-corrected chi connectivity index (χ1v) is 33.7. The van der Waals surface area contributed by atoms with Gasteiger partial charge < -0.3 is 17.8 Å². The number of hydrogen-bond acceptors (Lipinski definition) is 6. The number of rotatable bonds is 7. The Kier molecular flexibility index (Phi) is 10.9. The second kappa shape index (κ2) is 20.0. The molecule has 99 heavy (non-hydrogen) atoms. The molecule has 0 saturated heterocycles. The van der Waals surface area contributed by atoms with Crippen LogP contribution >= 0.6 is 0 Å². The fourth-order valence-corrected chi connectivity index (χ4v) is 16.6. The SMILES string of the molecule is CC1(C)c2cc(-c3nc(-n4c5ccccc5c5cc(-c6ccc7oc8ccccc8c7c6)ccc54)nc(-n4c5ccccc5c5cc(-c6ccc7oc8ccccc8c7c6)ccc54)n3)ccc2-c2ccc(-n3c4ccccc4c4cc(-c5ccc6oc7ccccc7c6c5)ccc43)cc21. The molecule has 14 aromatic carbocycles. The monoisotopic (exact) mass is 1270 g/mol. The van der Waals surface area contributed by atoms with Crippen LogP contribution in [-0.2, 0) is 5.41 Å². The van der Waals surface area contributed by atoms with Crippen LogP contribution in [0.5, 0.6) is 0 Å². The fraction of sp³-hybridized carbons (Fsp3) is 0.0333. The highest BCUT2D eigenvalue weighted by atomic mass is 16.3. The summed E-state index contributed by atoms with van der Waals surface area (Å²) >= 11 is 0. The summed E-state index contributed by atoms with van der Waals surface area (Å²) in [5.74, 6) is 1.60. The molecule has 0 unspecified atom stereocenters. The predicted octanol–water partition coefficient (Wildman–Crippen LogP) is 23.8. The lowest BCUT2D eigenvalue weighted by Crippen LogP contribution is -2.16. The lowest BCUT2D eigenvalue weighted by molar-refractivity contribution is 0.660. The molecule has 0 amide bonds. The van der Waals surface area contributed by atoms with Crippen LogP contribution in [0.2, 0.25) is 0 Å². The Morgan fingerprint density at radius 1 is 0.242 bits per heavy atom. The standard InChI is InChI=1S/C90H54N6O3/c1-90(2)73-49-57(27-35-59(73)60-36-34-58(50-74(60)90)94-75-21-9-3-15-61(75)67-43-51(28-37-78(67)94)54-31-40-84-70(46-54)64-18-6-12-24-81(64)97-84)87-91-88(95-76-22-10-4-16-62(76)68-44-52(29-38-79(68)95)55-32-41-85-71(47-55)65-19-7-13-25-82(65)98-85)93-89(92-87)96-77-23-11-5-17-63(77)69-45-53(30-39-80(69)96)56-33-42-86-72(48-56)66-20-8-14-26-83(66)99-86/h3-50H,1-2H3. The first-order chi connectivity index (χ1) is 48.8. The zero-order chi connectivity index (χ0) is 64.9. The molecule has 0 N–H and O–H groups in total. The summed E-state index contributed by atoms with van der Waals surface area (Å²) in [5, 5.41) is 13.4. The van der Waals surface area contributed by atoms with Crippen molar-refractivity contribution in [3.8, 4) is 73.5 Å². The van der Waals surface area contributed by atoms with Crippen molar-refractivity contribution in [1.82, 2.24) is 28.7 Å². The van der Waals surface area contributed by atoms with Crippen molar-refractivity contribution in [2.45, 2.75) is 19.3 Å². The van der Waals surface area contributed by atoms with E-state index in [0.29, 0.717) is 17.7 Å². The van der Waals surface area contributed by atoms with Gasteiger partial charge in [-0.1, -0.05) is 178 Å². The lowest BCUT2D eigenvalue weighted by Gasteiger charge is -2.23. The molecule has 0 bridgehead atoms. The summed E-state index contributed by atoms with van der Waals surface area (Å²) in [6.07, 6.45) is 0. The summed E-state index contributed by atoms with van der Waals surface area (Å²) in [4.78, 5) is 16.9. The molecule has 0 spiro atoms. The van der Waals surface area contributed by atoms with Gasteiger partial charge in [-0.3, -0.25) is 9.13 Å². The van der Waals surface area contributed by atoms with Crippen molar-refractivity contribution in [1.29, 1.82) is 0 Å². The van der Waals surface area contributed by atoms with Crippen molar-refractivity contribution in [3.63, 3.8) is 0 Å². The maximum atomic E-state index is 6.28. The van der Waals surface area contributed by atoms with E-state index in [0.717, 1.165) is 165 Å². The van der Waals surface area contributed by atoms with Gasteiger partial charge in [-0.25, -0.2) is 0 Å². The van der Waals surface area contributed by atoms with Crippen molar-refractivity contribution in [2.75, 3.05) is 0 Å². The molecule has 9 heteroatoms. The Labute approximate surface area is 564 Å². The van der Waals surface area contributed by atoms with Gasteiger partial charge in [0.15, 0.2) is 5.82 Å². The summed E-state index contributed by atoms with van der Waals surface area (Å²) in [6, 6.07) is 105. The van der Waals surface area contributed by atoms with Crippen molar-refractivity contribution in [3.05, 3.63) is 302 Å². The number of furan rings is 3. The number of benzene rings is 14. The Morgan fingerprint density at radius 2 is 0.556 bits per heavy atom. The van der Waals surface area contributed by atoms with Gasteiger partial charge in [0.05, 0.1) is 33.1 Å². The van der Waals surface area contributed by atoms with Crippen LogP contribution in [0.1, 0.15) is 25.0 Å². The van der Waals surface area contributed by atoms with E-state index in [9.17, 15) is 0 Å². The minimum absolute atomic E-state index is 0.406. The summed E-state index contributed by atoms with van der Waals surface area (Å²) < 4.78 is 25.7. The number of para-hydroxylation sites is 6. The molecule has 1 aliphatic rings. The molecule has 462 valence electrons. The van der Waals surface area contributed by atoms with Crippen molar-refractivity contribution in [2.24, 2.45) is 0 Å². The molecule has 0 aliphatic heterocycles. The zero-order valence-corrected chi connectivity index (χ0v) is 53.6. The topological polar surface area (TPSA) is 92.9 Å². The van der Waals surface area contributed by atoms with Crippen LogP contribution in [0.25, 0.3) is 205 Å². The predicted molar refractivity (Wildman–Crippen MR) is 404 cm³/mol. The van der Waals surface area contributed by atoms with E-state index < -0.39 is 5.41 Å². The van der Waals surface area contributed by atoms with E-state index >= 15 is 0 Å². The van der Waals surface area contributed by atoms with E-state index in [1.807, 2.05) is 36.4 Å². The highest BCUT2D eigenvalue weighted by Crippen LogP contribution is 2.51. The number of nitrogens with zero attached hydrogens (tertiary/aromatic N) is 6. The Morgan fingerprint density at radius 3 is 0.990 bits per heavy atom. The molecule has 0 saturated carbocycles. The van der Waals surface area contributed by atoms with Crippen LogP contribution in [-0.4, -0.2) is 28.7 Å². The van der Waals surface area contributed by atoms with Crippen LogP contribution < -0.4 is 0 Å². The Bertz CT molecular complexity index is 6860. The average Bonchev–Trinajstić information content (AvgIpc) is 1.57. The van der Waals surface area contributed by atoms with Gasteiger partial charge in [-0.2, -0.15) is 15.0 Å². The summed E-state index contributed by atoms with van der Waals surface area (Å²) in [7, 11) is 0. The van der Waals surface area contributed by atoms with E-state index in [1.165, 1.54) is 33.0 Å². The zero-order valence-electron chi connectivity index (χ0n) is 53.6. The number of hydrogen-bond donors (Lipinski definition) is 0.